The first-order chi connectivity index (χ1) is 6.20. The first-order valence-corrected chi connectivity index (χ1v) is 5.46. The summed E-state index contributed by atoms with van der Waals surface area (Å²) in [6, 6.07) is 0. The first kappa shape index (κ1) is 15.2. The van der Waals surface area contributed by atoms with Crippen LogP contribution in [0.25, 0.3) is 0 Å². The third kappa shape index (κ3) is 11.7. The molecule has 0 radical (unpaired) electrons. The molecular weight excluding hydrogens is 158 g/mol. The number of hydrogen-bond acceptors (Lipinski definition) is 1. The molecule has 0 amide bonds. The monoisotopic (exact) mass is 185 g/mol. The van der Waals surface area contributed by atoms with Crippen molar-refractivity contribution in [3.63, 3.8) is 0 Å². The molecule has 0 spiro atoms. The number of allylic oxidation sites excluding steroid dienone is 1. The molecule has 0 aromatic heterocycles. The Labute approximate surface area is 84.8 Å². The van der Waals surface area contributed by atoms with Crippen molar-refractivity contribution in [1.82, 2.24) is 4.90 Å². The summed E-state index contributed by atoms with van der Waals surface area (Å²) >= 11 is 0. The van der Waals surface area contributed by atoms with Crippen LogP contribution in [-0.2, 0) is 0 Å². The molecule has 1 saturated heterocycles. The van der Waals surface area contributed by atoms with Crippen molar-refractivity contribution in [2.24, 2.45) is 5.92 Å². The third-order valence-electron chi connectivity index (χ3n) is 2.01. The van der Waals surface area contributed by atoms with Gasteiger partial charge in [-0.2, -0.15) is 0 Å². The molecule has 1 nitrogen and oxygen atoms in total. The summed E-state index contributed by atoms with van der Waals surface area (Å²) in [5, 5.41) is 0. The maximum Gasteiger partial charge on any atom is -0.00192 e. The van der Waals surface area contributed by atoms with Gasteiger partial charge >= 0.3 is 0 Å². The summed E-state index contributed by atoms with van der Waals surface area (Å²) in [4.78, 5) is 2.40. The van der Waals surface area contributed by atoms with E-state index in [1.54, 1.807) is 6.08 Å². The molecule has 0 aromatic rings. The second-order valence-corrected chi connectivity index (χ2v) is 3.39. The molecule has 1 heterocycles. The van der Waals surface area contributed by atoms with Crippen LogP contribution in [0.1, 0.15) is 40.5 Å². The van der Waals surface area contributed by atoms with Gasteiger partial charge in [0.2, 0.25) is 0 Å². The number of rotatable bonds is 0. The minimum absolute atomic E-state index is 0.978. The van der Waals surface area contributed by atoms with Crippen molar-refractivity contribution in [3.05, 3.63) is 12.7 Å². The zero-order valence-corrected chi connectivity index (χ0v) is 10.1. The Morgan fingerprint density at radius 2 is 1.54 bits per heavy atom. The molecule has 0 N–H and O–H groups in total. The van der Waals surface area contributed by atoms with Crippen molar-refractivity contribution in [2.45, 2.75) is 40.5 Å². The van der Waals surface area contributed by atoms with Gasteiger partial charge in [-0.25, -0.2) is 0 Å². The molecule has 1 aliphatic heterocycles. The van der Waals surface area contributed by atoms with E-state index in [9.17, 15) is 0 Å². The molecule has 13 heavy (non-hydrogen) atoms. The van der Waals surface area contributed by atoms with E-state index in [2.05, 4.69) is 25.5 Å². The Balaban J connectivity index is 0. The fourth-order valence-electron chi connectivity index (χ4n) is 1.14. The molecule has 1 heteroatoms. The highest BCUT2D eigenvalue weighted by atomic mass is 15.1. The van der Waals surface area contributed by atoms with E-state index in [-0.39, 0.29) is 0 Å². The normalized spacial score (nSPS) is 17.6. The fraction of sp³-hybridized carbons (Fsp3) is 0.833. The Morgan fingerprint density at radius 1 is 1.23 bits per heavy atom. The number of nitrogens with zero attached hydrogens (tertiary/aromatic N) is 1. The largest absolute Gasteiger partial charge is 0.306 e. The molecule has 0 saturated carbocycles. The average Bonchev–Trinajstić information content (AvgIpc) is 2.15. The lowest BCUT2D eigenvalue weighted by atomic mass is 10.00. The van der Waals surface area contributed by atoms with E-state index in [0.717, 1.165) is 5.92 Å². The van der Waals surface area contributed by atoms with Gasteiger partial charge in [0.05, 0.1) is 0 Å². The minimum Gasteiger partial charge on any atom is -0.306 e. The van der Waals surface area contributed by atoms with Crippen molar-refractivity contribution < 1.29 is 0 Å². The summed E-state index contributed by atoms with van der Waals surface area (Å²) in [5.41, 5.74) is 0. The van der Waals surface area contributed by atoms with Crippen LogP contribution >= 0.6 is 0 Å². The second-order valence-electron chi connectivity index (χ2n) is 3.39. The Kier molecular flexibility index (Phi) is 13.7. The molecule has 0 atom stereocenters. The third-order valence-corrected chi connectivity index (χ3v) is 2.01. The van der Waals surface area contributed by atoms with Gasteiger partial charge in [-0.3, -0.25) is 0 Å². The smallest absolute Gasteiger partial charge is 0.00192 e. The molecule has 0 aliphatic carbocycles. The van der Waals surface area contributed by atoms with Gasteiger partial charge < -0.3 is 4.90 Å². The first-order valence-electron chi connectivity index (χ1n) is 5.46. The maximum atomic E-state index is 3.36. The lowest BCUT2D eigenvalue weighted by Crippen LogP contribution is -2.28. The Morgan fingerprint density at radius 3 is 1.77 bits per heavy atom. The summed E-state index contributed by atoms with van der Waals surface area (Å²) in [6.07, 6.45) is 4.55. The molecule has 80 valence electrons. The zero-order valence-electron chi connectivity index (χ0n) is 10.1. The molecule has 1 fully saturated rings. The van der Waals surface area contributed by atoms with Crippen molar-refractivity contribution in [2.75, 3.05) is 20.1 Å². The molecule has 1 rings (SSSR count). The van der Waals surface area contributed by atoms with Gasteiger partial charge in [0.1, 0.15) is 0 Å². The zero-order chi connectivity index (χ0) is 10.7. The molecular formula is C12H27N. The molecule has 1 aliphatic rings. The predicted octanol–water partition coefficient (Wildman–Crippen LogP) is 3.57. The van der Waals surface area contributed by atoms with Gasteiger partial charge in [-0.05, 0) is 45.8 Å². The fourth-order valence-corrected chi connectivity index (χ4v) is 1.14. The van der Waals surface area contributed by atoms with E-state index >= 15 is 0 Å². The Bertz CT molecular complexity index is 81.3. The average molecular weight is 185 g/mol. The van der Waals surface area contributed by atoms with E-state index in [0.29, 0.717) is 0 Å². The van der Waals surface area contributed by atoms with Crippen LogP contribution in [-0.4, -0.2) is 25.0 Å². The molecule has 0 unspecified atom stereocenters. The van der Waals surface area contributed by atoms with E-state index in [1.165, 1.54) is 25.9 Å². The summed E-state index contributed by atoms with van der Waals surface area (Å²) < 4.78 is 0. The van der Waals surface area contributed by atoms with E-state index < -0.39 is 0 Å². The maximum absolute atomic E-state index is 3.36. The van der Waals surface area contributed by atoms with Crippen molar-refractivity contribution in [3.8, 4) is 0 Å². The highest BCUT2D eigenvalue weighted by Crippen LogP contribution is 2.13. The number of hydrogen-bond donors (Lipinski definition) is 0. The minimum atomic E-state index is 0.978. The van der Waals surface area contributed by atoms with Crippen molar-refractivity contribution >= 4 is 0 Å². The van der Waals surface area contributed by atoms with Gasteiger partial charge in [0, 0.05) is 0 Å². The van der Waals surface area contributed by atoms with E-state index in [1.807, 2.05) is 20.8 Å². The second kappa shape index (κ2) is 11.7. The van der Waals surface area contributed by atoms with Crippen LogP contribution < -0.4 is 0 Å². The van der Waals surface area contributed by atoms with Gasteiger partial charge in [0.25, 0.3) is 0 Å². The highest BCUT2D eigenvalue weighted by molar-refractivity contribution is 4.65. The predicted molar refractivity (Wildman–Crippen MR) is 63.1 cm³/mol. The number of piperidine rings is 1. The lowest BCUT2D eigenvalue weighted by Gasteiger charge is -2.26. The van der Waals surface area contributed by atoms with Gasteiger partial charge in [0.15, 0.2) is 0 Å². The van der Waals surface area contributed by atoms with Crippen LogP contribution in [0.3, 0.4) is 0 Å². The standard InChI is InChI=1S/C7H15N.C3H6.C2H6/c1-7-3-5-8(2)6-4-7;1-3-2;1-2/h7H,3-6H2,1-2H3;3H,1H2,2H3;1-2H3. The van der Waals surface area contributed by atoms with E-state index in [4.69, 9.17) is 0 Å². The quantitative estimate of drug-likeness (QED) is 0.522. The summed E-state index contributed by atoms with van der Waals surface area (Å²) in [6.45, 7) is 14.2. The van der Waals surface area contributed by atoms with Crippen LogP contribution in [0.5, 0.6) is 0 Å². The SMILES string of the molecule is C=CC.CC.CC1CCN(C)CC1. The van der Waals surface area contributed by atoms with Crippen LogP contribution in [0.4, 0.5) is 0 Å². The molecule has 0 aromatic carbocycles. The molecule has 0 bridgehead atoms. The lowest BCUT2D eigenvalue weighted by molar-refractivity contribution is 0.230. The van der Waals surface area contributed by atoms with Crippen LogP contribution in [0, 0.1) is 5.92 Å². The van der Waals surface area contributed by atoms with Gasteiger partial charge in [-0.15, -0.1) is 6.58 Å². The van der Waals surface area contributed by atoms with Crippen LogP contribution in [0.15, 0.2) is 12.7 Å². The summed E-state index contributed by atoms with van der Waals surface area (Å²) in [5.74, 6) is 0.978. The topological polar surface area (TPSA) is 3.24 Å². The summed E-state index contributed by atoms with van der Waals surface area (Å²) in [7, 11) is 2.20. The number of likely N-dealkylation sites (tertiary alicyclic amines) is 1. The van der Waals surface area contributed by atoms with Crippen LogP contribution in [0.2, 0.25) is 0 Å². The van der Waals surface area contributed by atoms with Crippen molar-refractivity contribution in [1.29, 1.82) is 0 Å². The highest BCUT2D eigenvalue weighted by Gasteiger charge is 2.10. The Hall–Kier alpha value is -0.300. The van der Waals surface area contributed by atoms with Gasteiger partial charge in [-0.1, -0.05) is 26.8 Å².